The molecule has 1 atom stereocenters. The Morgan fingerprint density at radius 3 is 2.43 bits per heavy atom. The second-order valence-corrected chi connectivity index (χ2v) is 4.73. The number of hydrogen-bond donors (Lipinski definition) is 2. The van der Waals surface area contributed by atoms with Crippen LogP contribution in [-0.4, -0.2) is 22.8 Å². The molecule has 2 rings (SSSR count). The van der Waals surface area contributed by atoms with Gasteiger partial charge in [0, 0.05) is 11.1 Å². The molecule has 0 aliphatic carbocycles. The quantitative estimate of drug-likeness (QED) is 0.846. The normalized spacial score (nSPS) is 13.0. The lowest BCUT2D eigenvalue weighted by molar-refractivity contribution is -0.119. The Morgan fingerprint density at radius 1 is 1.14 bits per heavy atom. The van der Waals surface area contributed by atoms with Gasteiger partial charge in [0.05, 0.1) is 11.8 Å². The lowest BCUT2D eigenvalue weighted by Gasteiger charge is -2.09. The standard InChI is InChI=1S/C17H18N2O2/c1-2-15(18)17(21)19-16(12-7-4-3-5-8-12)13-9-6-10-14(20)11-13/h3-11,15,20H,2,18H2,1H3. The van der Waals surface area contributed by atoms with Gasteiger partial charge in [0.15, 0.2) is 0 Å². The van der Waals surface area contributed by atoms with Crippen LogP contribution in [0.4, 0.5) is 0 Å². The van der Waals surface area contributed by atoms with Gasteiger partial charge in [0.25, 0.3) is 5.91 Å². The Morgan fingerprint density at radius 2 is 1.81 bits per heavy atom. The minimum Gasteiger partial charge on any atom is -0.508 e. The first-order chi connectivity index (χ1) is 10.1. The molecular formula is C17H18N2O2. The zero-order valence-electron chi connectivity index (χ0n) is 11.9. The smallest absolute Gasteiger partial charge is 0.263 e. The van der Waals surface area contributed by atoms with E-state index in [1.54, 1.807) is 24.3 Å². The van der Waals surface area contributed by atoms with Crippen molar-refractivity contribution < 1.29 is 9.90 Å². The van der Waals surface area contributed by atoms with E-state index >= 15 is 0 Å². The van der Waals surface area contributed by atoms with Gasteiger partial charge in [-0.05, 0) is 18.6 Å². The summed E-state index contributed by atoms with van der Waals surface area (Å²) < 4.78 is 0. The Kier molecular flexibility index (Phi) is 4.85. The van der Waals surface area contributed by atoms with Crippen LogP contribution in [0.3, 0.4) is 0 Å². The first-order valence-corrected chi connectivity index (χ1v) is 6.84. The molecule has 2 aromatic rings. The third-order valence-electron chi connectivity index (χ3n) is 3.15. The molecule has 0 spiro atoms. The highest BCUT2D eigenvalue weighted by Gasteiger charge is 2.14. The van der Waals surface area contributed by atoms with Gasteiger partial charge in [-0.1, -0.05) is 49.4 Å². The van der Waals surface area contributed by atoms with Gasteiger partial charge in [-0.25, -0.2) is 4.99 Å². The highest BCUT2D eigenvalue weighted by Crippen LogP contribution is 2.16. The number of aliphatic imine (C=N–C) groups is 1. The number of amides is 1. The van der Waals surface area contributed by atoms with Gasteiger partial charge >= 0.3 is 0 Å². The van der Waals surface area contributed by atoms with Gasteiger partial charge in [-0.15, -0.1) is 0 Å². The van der Waals surface area contributed by atoms with Crippen molar-refractivity contribution in [3.05, 3.63) is 65.7 Å². The van der Waals surface area contributed by atoms with Crippen molar-refractivity contribution in [3.8, 4) is 5.75 Å². The van der Waals surface area contributed by atoms with Gasteiger partial charge in [-0.2, -0.15) is 0 Å². The molecule has 3 N–H and O–H groups in total. The molecule has 21 heavy (non-hydrogen) atoms. The third-order valence-corrected chi connectivity index (χ3v) is 3.15. The number of hydrogen-bond acceptors (Lipinski definition) is 3. The van der Waals surface area contributed by atoms with Gasteiger partial charge in [-0.3, -0.25) is 4.79 Å². The van der Waals surface area contributed by atoms with E-state index in [2.05, 4.69) is 4.99 Å². The monoisotopic (exact) mass is 282 g/mol. The molecule has 4 heteroatoms. The fourth-order valence-electron chi connectivity index (χ4n) is 1.91. The molecule has 4 nitrogen and oxygen atoms in total. The Balaban J connectivity index is 2.50. The largest absolute Gasteiger partial charge is 0.508 e. The Labute approximate surface area is 124 Å². The van der Waals surface area contributed by atoms with Crippen molar-refractivity contribution in [2.75, 3.05) is 0 Å². The molecule has 2 aromatic carbocycles. The van der Waals surface area contributed by atoms with E-state index in [0.29, 0.717) is 17.7 Å². The molecule has 0 heterocycles. The molecule has 0 aliphatic heterocycles. The summed E-state index contributed by atoms with van der Waals surface area (Å²) in [5.41, 5.74) is 7.74. The van der Waals surface area contributed by atoms with Crippen LogP contribution in [-0.2, 0) is 4.79 Å². The van der Waals surface area contributed by atoms with Crippen LogP contribution in [0.15, 0.2) is 59.6 Å². The average Bonchev–Trinajstić information content (AvgIpc) is 2.52. The van der Waals surface area contributed by atoms with E-state index in [4.69, 9.17) is 5.73 Å². The molecule has 0 radical (unpaired) electrons. The Bertz CT molecular complexity index is 651. The maximum Gasteiger partial charge on any atom is 0.263 e. The van der Waals surface area contributed by atoms with E-state index in [1.807, 2.05) is 37.3 Å². The Hall–Kier alpha value is -2.46. The SMILES string of the molecule is CCC(N)C(=O)N=C(c1ccccc1)c1cccc(O)c1. The minimum absolute atomic E-state index is 0.128. The molecule has 0 bridgehead atoms. The molecule has 0 saturated carbocycles. The molecule has 0 fully saturated rings. The van der Waals surface area contributed by atoms with Crippen LogP contribution in [0.2, 0.25) is 0 Å². The van der Waals surface area contributed by atoms with Crippen LogP contribution in [0.5, 0.6) is 5.75 Å². The van der Waals surface area contributed by atoms with Crippen molar-refractivity contribution in [1.29, 1.82) is 0 Å². The summed E-state index contributed by atoms with van der Waals surface area (Å²) in [5, 5.41) is 9.63. The van der Waals surface area contributed by atoms with Crippen molar-refractivity contribution in [1.82, 2.24) is 0 Å². The summed E-state index contributed by atoms with van der Waals surface area (Å²) in [6.07, 6.45) is 0.532. The van der Waals surface area contributed by atoms with Crippen molar-refractivity contribution in [3.63, 3.8) is 0 Å². The summed E-state index contributed by atoms with van der Waals surface area (Å²) in [6, 6.07) is 15.4. The van der Waals surface area contributed by atoms with Crippen molar-refractivity contribution in [2.45, 2.75) is 19.4 Å². The van der Waals surface area contributed by atoms with Gasteiger partial charge in [0.2, 0.25) is 0 Å². The molecule has 0 aliphatic rings. The summed E-state index contributed by atoms with van der Waals surface area (Å²) in [6.45, 7) is 1.84. The van der Waals surface area contributed by atoms with Crippen LogP contribution >= 0.6 is 0 Å². The number of phenols is 1. The number of rotatable bonds is 4. The van der Waals surface area contributed by atoms with Crippen molar-refractivity contribution in [2.24, 2.45) is 10.7 Å². The first kappa shape index (κ1) is 14.9. The maximum absolute atomic E-state index is 12.0. The molecule has 1 unspecified atom stereocenters. The highest BCUT2D eigenvalue weighted by molar-refractivity contribution is 6.17. The number of nitrogens with two attached hydrogens (primary N) is 1. The molecule has 0 saturated heterocycles. The van der Waals surface area contributed by atoms with E-state index in [1.165, 1.54) is 0 Å². The fraction of sp³-hybridized carbons (Fsp3) is 0.176. The minimum atomic E-state index is -0.610. The van der Waals surface area contributed by atoms with Crippen LogP contribution in [0.1, 0.15) is 24.5 Å². The number of aromatic hydroxyl groups is 1. The topological polar surface area (TPSA) is 75.7 Å². The second-order valence-electron chi connectivity index (χ2n) is 4.73. The van der Waals surface area contributed by atoms with E-state index in [-0.39, 0.29) is 11.7 Å². The van der Waals surface area contributed by atoms with E-state index in [9.17, 15) is 9.90 Å². The predicted octanol–water partition coefficient (Wildman–Crippen LogP) is 2.49. The van der Waals surface area contributed by atoms with Crippen molar-refractivity contribution >= 4 is 11.6 Å². The second kappa shape index (κ2) is 6.81. The summed E-state index contributed by atoms with van der Waals surface area (Å²) in [4.78, 5) is 16.2. The summed E-state index contributed by atoms with van der Waals surface area (Å²) >= 11 is 0. The number of nitrogens with zero attached hydrogens (tertiary/aromatic N) is 1. The van der Waals surface area contributed by atoms with Gasteiger partial charge in [0.1, 0.15) is 5.75 Å². The first-order valence-electron chi connectivity index (χ1n) is 6.84. The van der Waals surface area contributed by atoms with E-state index in [0.717, 1.165) is 5.56 Å². The number of carbonyl (C=O) groups is 1. The summed E-state index contributed by atoms with van der Waals surface area (Å²) in [5.74, 6) is -0.233. The maximum atomic E-state index is 12.0. The molecule has 108 valence electrons. The number of phenolic OH excluding ortho intramolecular Hbond substituents is 1. The highest BCUT2D eigenvalue weighted by atomic mass is 16.3. The zero-order chi connectivity index (χ0) is 15.2. The summed E-state index contributed by atoms with van der Waals surface area (Å²) in [7, 11) is 0. The molecule has 1 amide bonds. The van der Waals surface area contributed by atoms with E-state index < -0.39 is 6.04 Å². The van der Waals surface area contributed by atoms with Crippen LogP contribution < -0.4 is 5.73 Å². The number of carbonyl (C=O) groups excluding carboxylic acids is 1. The fourth-order valence-corrected chi connectivity index (χ4v) is 1.91. The average molecular weight is 282 g/mol. The van der Waals surface area contributed by atoms with Crippen LogP contribution in [0, 0.1) is 0 Å². The van der Waals surface area contributed by atoms with Gasteiger partial charge < -0.3 is 10.8 Å². The molecular weight excluding hydrogens is 264 g/mol. The number of benzene rings is 2. The molecule has 0 aromatic heterocycles. The van der Waals surface area contributed by atoms with Crippen LogP contribution in [0.25, 0.3) is 0 Å². The lowest BCUT2D eigenvalue weighted by Crippen LogP contribution is -2.29. The lowest BCUT2D eigenvalue weighted by atomic mass is 10.0. The zero-order valence-corrected chi connectivity index (χ0v) is 11.9. The predicted molar refractivity (Wildman–Crippen MR) is 83.5 cm³/mol. The third kappa shape index (κ3) is 3.77.